The second-order valence-corrected chi connectivity index (χ2v) is 6.91. The van der Waals surface area contributed by atoms with Gasteiger partial charge in [0.25, 0.3) is 0 Å². The number of ether oxygens (including phenoxy) is 1. The van der Waals surface area contributed by atoms with Crippen LogP contribution in [0.3, 0.4) is 0 Å². The summed E-state index contributed by atoms with van der Waals surface area (Å²) in [6, 6.07) is 0. The molecule has 0 aromatic carbocycles. The first-order valence-electron chi connectivity index (χ1n) is 10.7. The number of hydrogen-bond donors (Lipinski definition) is 3. The highest BCUT2D eigenvalue weighted by atomic mass is 16.5. The van der Waals surface area contributed by atoms with E-state index in [1.54, 1.807) is 0 Å². The molecular formula is C20H43N5O. The van der Waals surface area contributed by atoms with Crippen molar-refractivity contribution in [2.24, 2.45) is 21.8 Å². The number of unbranched alkanes of at least 4 members (excludes halogenated alkanes) is 13. The van der Waals surface area contributed by atoms with E-state index in [1.807, 2.05) is 6.92 Å². The summed E-state index contributed by atoms with van der Waals surface area (Å²) in [6.07, 6.45) is 19.8. The molecule has 0 aliphatic carbocycles. The molecule has 0 radical (unpaired) electrons. The first-order chi connectivity index (χ1) is 12.7. The van der Waals surface area contributed by atoms with Crippen molar-refractivity contribution in [3.63, 3.8) is 0 Å². The average Bonchev–Trinajstić information content (AvgIpc) is 2.65. The van der Waals surface area contributed by atoms with Gasteiger partial charge in [-0.2, -0.15) is 0 Å². The Morgan fingerprint density at radius 2 is 1.23 bits per heavy atom. The third-order valence-corrected chi connectivity index (χ3v) is 4.49. The summed E-state index contributed by atoms with van der Waals surface area (Å²) in [5, 5.41) is 7.41. The molecule has 0 amide bonds. The fraction of sp³-hybridized carbons (Fsp3) is 0.900. The molecule has 0 saturated heterocycles. The van der Waals surface area contributed by atoms with Crippen molar-refractivity contribution in [3.8, 4) is 0 Å². The summed E-state index contributed by atoms with van der Waals surface area (Å²) in [6.45, 7) is 4.82. The zero-order chi connectivity index (χ0) is 19.3. The van der Waals surface area contributed by atoms with Crippen molar-refractivity contribution >= 4 is 11.9 Å². The van der Waals surface area contributed by atoms with Gasteiger partial charge in [-0.05, 0) is 13.3 Å². The number of hydrogen-bond acceptors (Lipinski definition) is 4. The van der Waals surface area contributed by atoms with Gasteiger partial charge in [-0.15, -0.1) is 10.2 Å². The predicted octanol–water partition coefficient (Wildman–Crippen LogP) is 4.99. The molecular weight excluding hydrogens is 326 g/mol. The molecule has 0 aromatic rings. The van der Waals surface area contributed by atoms with Gasteiger partial charge >= 0.3 is 0 Å². The monoisotopic (exact) mass is 369 g/mol. The van der Waals surface area contributed by atoms with Crippen molar-refractivity contribution in [2.45, 2.75) is 110 Å². The first-order valence-corrected chi connectivity index (χ1v) is 10.7. The molecule has 0 aromatic heterocycles. The summed E-state index contributed by atoms with van der Waals surface area (Å²) in [4.78, 5) is 0. The Labute approximate surface area is 161 Å². The molecule has 0 saturated carbocycles. The summed E-state index contributed by atoms with van der Waals surface area (Å²) < 4.78 is 5.49. The van der Waals surface area contributed by atoms with Gasteiger partial charge in [-0.3, -0.25) is 0 Å². The van der Waals surface area contributed by atoms with Crippen molar-refractivity contribution in [1.29, 1.82) is 0 Å². The molecule has 26 heavy (non-hydrogen) atoms. The average molecular weight is 370 g/mol. The van der Waals surface area contributed by atoms with E-state index >= 15 is 0 Å². The summed E-state index contributed by atoms with van der Waals surface area (Å²) in [5.41, 5.74) is 8.03. The van der Waals surface area contributed by atoms with Gasteiger partial charge < -0.3 is 16.3 Å². The maximum absolute atomic E-state index is 5.49. The number of hydrazone groups is 2. The minimum absolute atomic E-state index is 0.0863. The van der Waals surface area contributed by atoms with Crippen LogP contribution in [0.25, 0.3) is 0 Å². The number of nitrogens with two attached hydrogens (primary N) is 2. The molecule has 0 atom stereocenters. The van der Waals surface area contributed by atoms with Crippen LogP contribution in [0.4, 0.5) is 0 Å². The Morgan fingerprint density at radius 3 is 1.65 bits per heavy atom. The quantitative estimate of drug-likeness (QED) is 0.111. The Bertz CT molecular complexity index is 358. The van der Waals surface area contributed by atoms with E-state index < -0.39 is 0 Å². The highest BCUT2D eigenvalue weighted by Gasteiger charge is 2.01. The van der Waals surface area contributed by atoms with Crippen LogP contribution in [0.1, 0.15) is 110 Å². The lowest BCUT2D eigenvalue weighted by molar-refractivity contribution is 0.312. The third kappa shape index (κ3) is 17.4. The van der Waals surface area contributed by atoms with Crippen LogP contribution in [-0.4, -0.2) is 18.5 Å². The number of nitrogens with one attached hydrogen (secondary N) is 1. The van der Waals surface area contributed by atoms with Gasteiger partial charge in [-0.25, -0.2) is 5.43 Å². The molecule has 0 rings (SSSR count). The molecule has 6 heteroatoms. The molecule has 0 bridgehead atoms. The molecule has 0 aliphatic rings. The Balaban J connectivity index is 3.45. The van der Waals surface area contributed by atoms with Gasteiger partial charge in [0, 0.05) is 6.42 Å². The maximum atomic E-state index is 5.49. The van der Waals surface area contributed by atoms with Crippen LogP contribution in [0.15, 0.2) is 10.2 Å². The molecule has 0 spiro atoms. The van der Waals surface area contributed by atoms with E-state index in [9.17, 15) is 0 Å². The summed E-state index contributed by atoms with van der Waals surface area (Å²) in [7, 11) is 0. The fourth-order valence-electron chi connectivity index (χ4n) is 2.95. The molecule has 154 valence electrons. The van der Waals surface area contributed by atoms with E-state index in [0.717, 1.165) is 12.8 Å². The lowest BCUT2D eigenvalue weighted by Crippen LogP contribution is -2.30. The van der Waals surface area contributed by atoms with Gasteiger partial charge in [0.15, 0.2) is 0 Å². The van der Waals surface area contributed by atoms with Gasteiger partial charge in [-0.1, -0.05) is 90.4 Å². The Kier molecular flexibility index (Phi) is 18.7. The van der Waals surface area contributed by atoms with E-state index in [2.05, 4.69) is 22.6 Å². The van der Waals surface area contributed by atoms with Crippen LogP contribution in [-0.2, 0) is 4.74 Å². The second kappa shape index (κ2) is 19.9. The third-order valence-electron chi connectivity index (χ3n) is 4.49. The van der Waals surface area contributed by atoms with Crippen LogP contribution in [0, 0.1) is 0 Å². The van der Waals surface area contributed by atoms with Crippen LogP contribution >= 0.6 is 0 Å². The molecule has 6 nitrogen and oxygen atoms in total. The van der Waals surface area contributed by atoms with E-state index in [-0.39, 0.29) is 5.96 Å². The zero-order valence-corrected chi connectivity index (χ0v) is 17.3. The summed E-state index contributed by atoms with van der Waals surface area (Å²) in [5.74, 6) is 5.80. The highest BCUT2D eigenvalue weighted by Crippen LogP contribution is 2.13. The number of guanidine groups is 1. The minimum Gasteiger partial charge on any atom is -0.480 e. The summed E-state index contributed by atoms with van der Waals surface area (Å²) >= 11 is 0. The molecule has 0 aliphatic heterocycles. The van der Waals surface area contributed by atoms with E-state index in [4.69, 9.17) is 16.3 Å². The van der Waals surface area contributed by atoms with Crippen LogP contribution in [0.2, 0.25) is 0 Å². The topological polar surface area (TPSA) is 98.0 Å². The lowest BCUT2D eigenvalue weighted by Gasteiger charge is -2.08. The van der Waals surface area contributed by atoms with E-state index in [0.29, 0.717) is 12.5 Å². The minimum atomic E-state index is 0.0863. The highest BCUT2D eigenvalue weighted by molar-refractivity contribution is 5.81. The molecule has 5 N–H and O–H groups in total. The second-order valence-electron chi connectivity index (χ2n) is 6.91. The van der Waals surface area contributed by atoms with Gasteiger partial charge in [0.2, 0.25) is 11.9 Å². The number of rotatable bonds is 17. The van der Waals surface area contributed by atoms with E-state index in [1.165, 1.54) is 83.5 Å². The molecule has 0 heterocycles. The van der Waals surface area contributed by atoms with Crippen molar-refractivity contribution in [2.75, 3.05) is 6.61 Å². The largest absolute Gasteiger partial charge is 0.480 e. The lowest BCUT2D eigenvalue weighted by atomic mass is 10.0. The van der Waals surface area contributed by atoms with Crippen LogP contribution in [0.5, 0.6) is 0 Å². The Hall–Kier alpha value is -1.46. The zero-order valence-electron chi connectivity index (χ0n) is 17.3. The maximum Gasteiger partial charge on any atom is 0.231 e. The van der Waals surface area contributed by atoms with Crippen LogP contribution < -0.4 is 17.0 Å². The van der Waals surface area contributed by atoms with Gasteiger partial charge in [0.1, 0.15) is 0 Å². The van der Waals surface area contributed by atoms with Crippen molar-refractivity contribution in [1.82, 2.24) is 5.43 Å². The van der Waals surface area contributed by atoms with Crippen molar-refractivity contribution < 1.29 is 4.74 Å². The number of nitrogens with zero attached hydrogens (tertiary/aromatic N) is 2. The molecule has 0 fully saturated rings. The molecule has 0 unspecified atom stereocenters. The smallest absolute Gasteiger partial charge is 0.231 e. The van der Waals surface area contributed by atoms with Crippen molar-refractivity contribution in [3.05, 3.63) is 0 Å². The standard InChI is InChI=1S/C20H43N5O/c1-3-5-6-7-8-9-10-11-12-13-14-15-16-17-18-19(26-4-2)24-25-20(21)23-22/h3-18,22H2,1-2H3,(H3,21,23,25). The first kappa shape index (κ1) is 24.5. The Morgan fingerprint density at radius 1 is 0.769 bits per heavy atom. The normalized spacial score (nSPS) is 12.4. The predicted molar refractivity (Wildman–Crippen MR) is 113 cm³/mol. The fourth-order valence-corrected chi connectivity index (χ4v) is 2.95. The van der Waals surface area contributed by atoms with Gasteiger partial charge in [0.05, 0.1) is 6.61 Å². The SMILES string of the molecule is CCCCCCCCCCCCCCCCC(=NNC(N)=NN)OCC.